The van der Waals surface area contributed by atoms with Crippen molar-refractivity contribution in [1.82, 2.24) is 0 Å². The summed E-state index contributed by atoms with van der Waals surface area (Å²) in [5, 5.41) is 5.89. The Bertz CT molecular complexity index is 459. The lowest BCUT2D eigenvalue weighted by Gasteiger charge is -2.35. The van der Waals surface area contributed by atoms with Crippen molar-refractivity contribution in [1.29, 1.82) is 0 Å². The first kappa shape index (κ1) is 10.9. The number of carbonyl (C=O) groups excluding carboxylic acids is 1. The van der Waals surface area contributed by atoms with Gasteiger partial charge in [-0.15, -0.1) is 0 Å². The van der Waals surface area contributed by atoms with Crippen LogP contribution in [-0.2, 0) is 4.79 Å². The number of anilines is 2. The van der Waals surface area contributed by atoms with Gasteiger partial charge in [0, 0.05) is 0 Å². The second-order valence-electron chi connectivity index (χ2n) is 4.41. The Morgan fingerprint density at radius 2 is 2.06 bits per heavy atom. The molecule has 1 aromatic rings. The minimum absolute atomic E-state index is 0.120. The van der Waals surface area contributed by atoms with Crippen LogP contribution >= 0.6 is 0 Å². The van der Waals surface area contributed by atoms with Gasteiger partial charge < -0.3 is 10.6 Å². The summed E-state index contributed by atoms with van der Waals surface area (Å²) in [6.45, 7) is 5.48. The van der Waals surface area contributed by atoms with Gasteiger partial charge in [-0.1, -0.05) is 6.92 Å². The molecule has 1 aliphatic heterocycles. The van der Waals surface area contributed by atoms with Gasteiger partial charge in [0.05, 0.1) is 11.4 Å². The largest absolute Gasteiger partial charge is 0.370 e. The van der Waals surface area contributed by atoms with Gasteiger partial charge in [0.25, 0.3) is 0 Å². The van der Waals surface area contributed by atoms with Crippen molar-refractivity contribution in [2.45, 2.75) is 32.7 Å². The summed E-state index contributed by atoms with van der Waals surface area (Å²) >= 11 is 0. The Labute approximate surface area is 94.0 Å². The first-order valence-corrected chi connectivity index (χ1v) is 5.36. The van der Waals surface area contributed by atoms with Crippen LogP contribution in [0.25, 0.3) is 0 Å². The molecule has 0 aromatic heterocycles. The van der Waals surface area contributed by atoms with Crippen molar-refractivity contribution in [2.75, 3.05) is 10.6 Å². The number of aryl methyl sites for hydroxylation is 1. The highest BCUT2D eigenvalue weighted by Gasteiger charge is 2.36. The zero-order valence-electron chi connectivity index (χ0n) is 9.65. The monoisotopic (exact) mass is 222 g/mol. The number of halogens is 1. The van der Waals surface area contributed by atoms with Gasteiger partial charge in [-0.05, 0) is 38.0 Å². The molecular formula is C12H15FN2O. The number of amides is 1. The lowest BCUT2D eigenvalue weighted by Crippen LogP contribution is -2.49. The summed E-state index contributed by atoms with van der Waals surface area (Å²) in [5.41, 5.74) is 1.25. The van der Waals surface area contributed by atoms with E-state index < -0.39 is 5.54 Å². The summed E-state index contributed by atoms with van der Waals surface area (Å²) < 4.78 is 13.3. The van der Waals surface area contributed by atoms with E-state index >= 15 is 0 Å². The molecule has 2 rings (SSSR count). The van der Waals surface area contributed by atoms with Crippen molar-refractivity contribution in [3.05, 3.63) is 23.5 Å². The maximum atomic E-state index is 13.3. The second kappa shape index (κ2) is 3.47. The zero-order chi connectivity index (χ0) is 11.9. The van der Waals surface area contributed by atoms with Gasteiger partial charge in [0.2, 0.25) is 5.91 Å². The highest BCUT2D eigenvalue weighted by atomic mass is 19.1. The average Bonchev–Trinajstić information content (AvgIpc) is 2.23. The van der Waals surface area contributed by atoms with Crippen molar-refractivity contribution >= 4 is 17.3 Å². The predicted octanol–water partition coefficient (Wildman–Crippen LogP) is 2.67. The van der Waals surface area contributed by atoms with Gasteiger partial charge in [0.1, 0.15) is 11.4 Å². The maximum absolute atomic E-state index is 13.3. The van der Waals surface area contributed by atoms with E-state index in [-0.39, 0.29) is 11.7 Å². The molecule has 0 aliphatic carbocycles. The first-order chi connectivity index (χ1) is 7.46. The van der Waals surface area contributed by atoms with Gasteiger partial charge in [-0.25, -0.2) is 4.39 Å². The number of carbonyl (C=O) groups is 1. The maximum Gasteiger partial charge on any atom is 0.249 e. The number of benzene rings is 1. The molecule has 0 bridgehead atoms. The van der Waals surface area contributed by atoms with E-state index in [2.05, 4.69) is 10.6 Å². The third-order valence-corrected chi connectivity index (χ3v) is 3.17. The molecule has 0 saturated heterocycles. The summed E-state index contributed by atoms with van der Waals surface area (Å²) in [4.78, 5) is 11.8. The average molecular weight is 222 g/mol. The highest BCUT2D eigenvalue weighted by molar-refractivity contribution is 6.05. The molecule has 1 aliphatic rings. The topological polar surface area (TPSA) is 41.1 Å². The fourth-order valence-electron chi connectivity index (χ4n) is 1.75. The fraction of sp³-hybridized carbons (Fsp3) is 0.417. The molecule has 4 heteroatoms. The Morgan fingerprint density at radius 3 is 2.69 bits per heavy atom. The number of hydrogen-bond donors (Lipinski definition) is 2. The van der Waals surface area contributed by atoms with Crippen molar-refractivity contribution in [2.24, 2.45) is 0 Å². The molecular weight excluding hydrogens is 207 g/mol. The lowest BCUT2D eigenvalue weighted by atomic mass is 9.94. The third kappa shape index (κ3) is 1.54. The Balaban J connectivity index is 2.47. The third-order valence-electron chi connectivity index (χ3n) is 3.17. The SMILES string of the molecule is CCC1(C)Nc2cc(C)c(F)cc2NC1=O. The summed E-state index contributed by atoms with van der Waals surface area (Å²) in [6.07, 6.45) is 0.675. The molecule has 0 saturated carbocycles. The first-order valence-electron chi connectivity index (χ1n) is 5.36. The van der Waals surface area contributed by atoms with Crippen molar-refractivity contribution < 1.29 is 9.18 Å². The zero-order valence-corrected chi connectivity index (χ0v) is 9.65. The molecule has 3 nitrogen and oxygen atoms in total. The van der Waals surface area contributed by atoms with Gasteiger partial charge >= 0.3 is 0 Å². The second-order valence-corrected chi connectivity index (χ2v) is 4.41. The van der Waals surface area contributed by atoms with E-state index in [1.807, 2.05) is 13.8 Å². The molecule has 0 fully saturated rings. The van der Waals surface area contributed by atoms with E-state index in [4.69, 9.17) is 0 Å². The molecule has 86 valence electrons. The number of fused-ring (bicyclic) bond motifs is 1. The molecule has 1 atom stereocenters. The fourth-order valence-corrected chi connectivity index (χ4v) is 1.75. The normalized spacial score (nSPS) is 23.4. The van der Waals surface area contributed by atoms with E-state index in [1.54, 1.807) is 13.0 Å². The van der Waals surface area contributed by atoms with Crippen molar-refractivity contribution in [3.63, 3.8) is 0 Å². The number of nitrogens with one attached hydrogen (secondary N) is 2. The molecule has 16 heavy (non-hydrogen) atoms. The van der Waals surface area contributed by atoms with Crippen LogP contribution in [0.3, 0.4) is 0 Å². The summed E-state index contributed by atoms with van der Waals surface area (Å²) in [5.74, 6) is -0.424. The van der Waals surface area contributed by atoms with Crippen LogP contribution < -0.4 is 10.6 Å². The number of hydrogen-bond acceptors (Lipinski definition) is 2. The molecule has 0 spiro atoms. The number of rotatable bonds is 1. The molecule has 1 unspecified atom stereocenters. The van der Waals surface area contributed by atoms with E-state index in [0.29, 0.717) is 17.7 Å². The molecule has 2 N–H and O–H groups in total. The van der Waals surface area contributed by atoms with Gasteiger partial charge in [-0.3, -0.25) is 4.79 Å². The van der Waals surface area contributed by atoms with Crippen LogP contribution in [0.2, 0.25) is 0 Å². The van der Waals surface area contributed by atoms with Crippen LogP contribution in [-0.4, -0.2) is 11.4 Å². The predicted molar refractivity (Wildman–Crippen MR) is 62.1 cm³/mol. The Morgan fingerprint density at radius 1 is 1.38 bits per heavy atom. The lowest BCUT2D eigenvalue weighted by molar-refractivity contribution is -0.120. The van der Waals surface area contributed by atoms with Gasteiger partial charge in [0.15, 0.2) is 0 Å². The molecule has 1 aromatic carbocycles. The quantitative estimate of drug-likeness (QED) is 0.767. The van der Waals surface area contributed by atoms with Crippen molar-refractivity contribution in [3.8, 4) is 0 Å². The standard InChI is InChI=1S/C12H15FN2O/c1-4-12(3)11(16)14-9-6-8(13)7(2)5-10(9)15-12/h5-6,15H,4H2,1-3H3,(H,14,16). The highest BCUT2D eigenvalue weighted by Crippen LogP contribution is 2.33. The molecule has 0 radical (unpaired) electrons. The van der Waals surface area contributed by atoms with E-state index in [0.717, 1.165) is 5.69 Å². The van der Waals surface area contributed by atoms with Crippen LogP contribution in [0, 0.1) is 12.7 Å². The Kier molecular flexibility index (Phi) is 2.37. The molecule has 1 heterocycles. The minimum atomic E-state index is -0.614. The minimum Gasteiger partial charge on any atom is -0.370 e. The molecule has 1 amide bonds. The smallest absolute Gasteiger partial charge is 0.249 e. The van der Waals surface area contributed by atoms with Crippen LogP contribution in [0.1, 0.15) is 25.8 Å². The summed E-state index contributed by atoms with van der Waals surface area (Å²) in [6, 6.07) is 3.07. The summed E-state index contributed by atoms with van der Waals surface area (Å²) in [7, 11) is 0. The van der Waals surface area contributed by atoms with E-state index in [9.17, 15) is 9.18 Å². The van der Waals surface area contributed by atoms with Crippen LogP contribution in [0.4, 0.5) is 15.8 Å². The van der Waals surface area contributed by atoms with Gasteiger partial charge in [-0.2, -0.15) is 0 Å². The Hall–Kier alpha value is -1.58. The van der Waals surface area contributed by atoms with Crippen LogP contribution in [0.15, 0.2) is 12.1 Å². The van der Waals surface area contributed by atoms with Crippen LogP contribution in [0.5, 0.6) is 0 Å². The van der Waals surface area contributed by atoms with E-state index in [1.165, 1.54) is 6.07 Å².